The lowest BCUT2D eigenvalue weighted by Gasteiger charge is -2.25. The van der Waals surface area contributed by atoms with Gasteiger partial charge < -0.3 is 19.3 Å². The van der Waals surface area contributed by atoms with E-state index in [0.717, 1.165) is 12.8 Å². The van der Waals surface area contributed by atoms with Crippen LogP contribution in [0.2, 0.25) is 0 Å². The number of aliphatic hydroxyl groups is 1. The van der Waals surface area contributed by atoms with Crippen LogP contribution in [0.25, 0.3) is 0 Å². The van der Waals surface area contributed by atoms with Crippen LogP contribution < -0.4 is 9.47 Å². The van der Waals surface area contributed by atoms with E-state index in [1.165, 1.54) is 0 Å². The summed E-state index contributed by atoms with van der Waals surface area (Å²) in [6.45, 7) is 7.85. The van der Waals surface area contributed by atoms with E-state index in [1.54, 1.807) is 39.0 Å². The van der Waals surface area contributed by atoms with Crippen LogP contribution in [0, 0.1) is 0 Å². The summed E-state index contributed by atoms with van der Waals surface area (Å²) < 4.78 is 16.3. The molecule has 22 heavy (non-hydrogen) atoms. The van der Waals surface area contributed by atoms with E-state index in [-0.39, 0.29) is 6.61 Å². The molecule has 5 heteroatoms. The molecule has 124 valence electrons. The molecule has 0 saturated carbocycles. The first-order valence-corrected chi connectivity index (χ1v) is 7.67. The highest BCUT2D eigenvalue weighted by atomic mass is 16.6. The highest BCUT2D eigenvalue weighted by molar-refractivity contribution is 5.79. The molecule has 0 aromatic heterocycles. The molecule has 0 heterocycles. The molecule has 0 spiro atoms. The van der Waals surface area contributed by atoms with Crippen LogP contribution in [0.5, 0.6) is 11.5 Å². The maximum absolute atomic E-state index is 11.9. The van der Waals surface area contributed by atoms with Gasteiger partial charge in [0.05, 0.1) is 19.8 Å². The molecule has 0 radical (unpaired) electrons. The third-order valence-corrected chi connectivity index (χ3v) is 3.10. The second-order valence-electron chi connectivity index (χ2n) is 5.46. The minimum atomic E-state index is -1.12. The first-order valence-electron chi connectivity index (χ1n) is 7.67. The Morgan fingerprint density at radius 2 is 2.00 bits per heavy atom. The number of hydrogen-bond donors (Lipinski definition) is 1. The van der Waals surface area contributed by atoms with Crippen LogP contribution in [0.4, 0.5) is 0 Å². The van der Waals surface area contributed by atoms with Crippen LogP contribution in [0.15, 0.2) is 18.2 Å². The predicted molar refractivity (Wildman–Crippen MR) is 84.1 cm³/mol. The minimum Gasteiger partial charge on any atom is -0.494 e. The zero-order chi connectivity index (χ0) is 16.6. The minimum absolute atomic E-state index is 0.195. The van der Waals surface area contributed by atoms with E-state index in [9.17, 15) is 9.90 Å². The molecule has 0 aliphatic rings. The standard InChI is InChI=1S/C17H26O5/c1-5-7-10-21-14-8-9-15(13(11-14)12-18)22-17(3,4)16(19)20-6-2/h8-9,11,18H,5-7,10,12H2,1-4H3. The van der Waals surface area contributed by atoms with Crippen molar-refractivity contribution in [1.82, 2.24) is 0 Å². The van der Waals surface area contributed by atoms with Crippen molar-refractivity contribution >= 4 is 5.97 Å². The number of ether oxygens (including phenoxy) is 3. The maximum atomic E-state index is 11.9. The number of carbonyl (C=O) groups excluding carboxylic acids is 1. The van der Waals surface area contributed by atoms with Gasteiger partial charge in [-0.05, 0) is 45.4 Å². The zero-order valence-electron chi connectivity index (χ0n) is 13.8. The SMILES string of the molecule is CCCCOc1ccc(OC(C)(C)C(=O)OCC)c(CO)c1. The fraction of sp³-hybridized carbons (Fsp3) is 0.588. The van der Waals surface area contributed by atoms with Crippen molar-refractivity contribution in [2.24, 2.45) is 0 Å². The average Bonchev–Trinajstić information content (AvgIpc) is 2.48. The van der Waals surface area contributed by atoms with E-state index in [4.69, 9.17) is 14.2 Å². The summed E-state index contributed by atoms with van der Waals surface area (Å²) in [6.07, 6.45) is 2.03. The van der Waals surface area contributed by atoms with Crippen LogP contribution >= 0.6 is 0 Å². The molecule has 0 amide bonds. The Balaban J connectivity index is 2.84. The summed E-state index contributed by atoms with van der Waals surface area (Å²) in [5, 5.41) is 9.50. The molecule has 0 bridgehead atoms. The molecule has 0 saturated heterocycles. The zero-order valence-corrected chi connectivity index (χ0v) is 13.8. The molecule has 1 aromatic rings. The largest absolute Gasteiger partial charge is 0.494 e. The monoisotopic (exact) mass is 310 g/mol. The highest BCUT2D eigenvalue weighted by Gasteiger charge is 2.32. The van der Waals surface area contributed by atoms with E-state index in [0.29, 0.717) is 30.3 Å². The van der Waals surface area contributed by atoms with Gasteiger partial charge in [0.15, 0.2) is 5.60 Å². The Hall–Kier alpha value is -1.75. The van der Waals surface area contributed by atoms with E-state index in [2.05, 4.69) is 6.92 Å². The Labute approximate surface area is 132 Å². The number of hydrogen-bond acceptors (Lipinski definition) is 5. The Morgan fingerprint density at radius 3 is 2.59 bits per heavy atom. The first-order chi connectivity index (χ1) is 10.4. The van der Waals surface area contributed by atoms with Crippen molar-refractivity contribution in [3.63, 3.8) is 0 Å². The third-order valence-electron chi connectivity index (χ3n) is 3.10. The summed E-state index contributed by atoms with van der Waals surface area (Å²) in [4.78, 5) is 11.9. The fourth-order valence-corrected chi connectivity index (χ4v) is 1.82. The second-order valence-corrected chi connectivity index (χ2v) is 5.46. The summed E-state index contributed by atoms with van der Waals surface area (Å²) in [6, 6.07) is 5.20. The van der Waals surface area contributed by atoms with Gasteiger partial charge in [-0.25, -0.2) is 4.79 Å². The van der Waals surface area contributed by atoms with Gasteiger partial charge in [-0.1, -0.05) is 13.3 Å². The topological polar surface area (TPSA) is 65.0 Å². The molecule has 1 aromatic carbocycles. The van der Waals surface area contributed by atoms with Gasteiger partial charge >= 0.3 is 5.97 Å². The predicted octanol–water partition coefficient (Wildman–Crippen LogP) is 3.08. The molecule has 1 rings (SSSR count). The van der Waals surface area contributed by atoms with Gasteiger partial charge in [0.2, 0.25) is 0 Å². The molecule has 5 nitrogen and oxygen atoms in total. The van der Waals surface area contributed by atoms with Gasteiger partial charge in [-0.15, -0.1) is 0 Å². The van der Waals surface area contributed by atoms with Gasteiger partial charge in [0, 0.05) is 5.56 Å². The van der Waals surface area contributed by atoms with E-state index >= 15 is 0 Å². The molecule has 1 N–H and O–H groups in total. The molecule has 0 aliphatic heterocycles. The van der Waals surface area contributed by atoms with Gasteiger partial charge in [0.25, 0.3) is 0 Å². The van der Waals surface area contributed by atoms with Crippen molar-refractivity contribution in [2.45, 2.75) is 52.7 Å². The van der Waals surface area contributed by atoms with Gasteiger partial charge in [0.1, 0.15) is 11.5 Å². The number of benzene rings is 1. The molecule has 0 aliphatic carbocycles. The number of carbonyl (C=O) groups is 1. The smallest absolute Gasteiger partial charge is 0.349 e. The van der Waals surface area contributed by atoms with Crippen molar-refractivity contribution in [3.8, 4) is 11.5 Å². The Morgan fingerprint density at radius 1 is 1.27 bits per heavy atom. The van der Waals surface area contributed by atoms with E-state index in [1.807, 2.05) is 0 Å². The summed E-state index contributed by atoms with van der Waals surface area (Å²) in [7, 11) is 0. The molecule has 0 atom stereocenters. The fourth-order valence-electron chi connectivity index (χ4n) is 1.82. The molecular weight excluding hydrogens is 284 g/mol. The lowest BCUT2D eigenvalue weighted by atomic mass is 10.1. The maximum Gasteiger partial charge on any atom is 0.349 e. The summed E-state index contributed by atoms with van der Waals surface area (Å²) >= 11 is 0. The van der Waals surface area contributed by atoms with Crippen molar-refractivity contribution in [2.75, 3.05) is 13.2 Å². The van der Waals surface area contributed by atoms with Crippen LogP contribution in [-0.4, -0.2) is 29.9 Å². The number of rotatable bonds is 9. The molecule has 0 unspecified atom stereocenters. The quantitative estimate of drug-likeness (QED) is 0.561. The van der Waals surface area contributed by atoms with Crippen LogP contribution in [-0.2, 0) is 16.1 Å². The number of aliphatic hydroxyl groups excluding tert-OH is 1. The Bertz CT molecular complexity index is 482. The van der Waals surface area contributed by atoms with Crippen LogP contribution in [0.3, 0.4) is 0 Å². The summed E-state index contributed by atoms with van der Waals surface area (Å²) in [5.74, 6) is 0.685. The normalized spacial score (nSPS) is 11.1. The first kappa shape index (κ1) is 18.3. The van der Waals surface area contributed by atoms with Gasteiger partial charge in [-0.2, -0.15) is 0 Å². The number of unbranched alkanes of at least 4 members (excludes halogenated alkanes) is 1. The molecule has 0 fully saturated rings. The van der Waals surface area contributed by atoms with Crippen molar-refractivity contribution in [1.29, 1.82) is 0 Å². The van der Waals surface area contributed by atoms with Crippen LogP contribution in [0.1, 0.15) is 46.1 Å². The van der Waals surface area contributed by atoms with E-state index < -0.39 is 11.6 Å². The highest BCUT2D eigenvalue weighted by Crippen LogP contribution is 2.28. The van der Waals surface area contributed by atoms with Crippen molar-refractivity contribution in [3.05, 3.63) is 23.8 Å². The average molecular weight is 310 g/mol. The number of esters is 1. The van der Waals surface area contributed by atoms with Crippen molar-refractivity contribution < 1.29 is 24.1 Å². The summed E-state index contributed by atoms with van der Waals surface area (Å²) in [5.41, 5.74) is -0.545. The van der Waals surface area contributed by atoms with Gasteiger partial charge in [-0.3, -0.25) is 0 Å². The lowest BCUT2D eigenvalue weighted by Crippen LogP contribution is -2.40. The second kappa shape index (κ2) is 8.63. The molecular formula is C17H26O5. The Kier molecular flexibility index (Phi) is 7.18. The third kappa shape index (κ3) is 5.22. The lowest BCUT2D eigenvalue weighted by molar-refractivity contribution is -0.158.